The number of carbonyl (C=O) groups is 2. The standard InChI is InChI=1S/C17H15F3N2O2/c1-11-6-8-12(9-7-11)10-21-15(23)16(24)22-14-5-3-2-4-13(14)17(18,19)20/h2-9H,10H2,1H3,(H,21,23)(H,22,24). The minimum absolute atomic E-state index is 0.105. The summed E-state index contributed by atoms with van der Waals surface area (Å²) in [4.78, 5) is 23.5. The van der Waals surface area contributed by atoms with Crippen LogP contribution in [0.15, 0.2) is 48.5 Å². The number of nitrogens with one attached hydrogen (secondary N) is 2. The lowest BCUT2D eigenvalue weighted by Gasteiger charge is -2.13. The highest BCUT2D eigenvalue weighted by Gasteiger charge is 2.33. The van der Waals surface area contributed by atoms with Crippen LogP contribution in [-0.2, 0) is 22.3 Å². The molecule has 2 aromatic rings. The molecule has 7 heteroatoms. The zero-order valence-corrected chi connectivity index (χ0v) is 12.8. The van der Waals surface area contributed by atoms with Gasteiger partial charge < -0.3 is 10.6 Å². The Morgan fingerprint density at radius 3 is 2.21 bits per heavy atom. The number of rotatable bonds is 3. The molecule has 2 amide bonds. The molecule has 0 aliphatic rings. The first-order valence-electron chi connectivity index (χ1n) is 7.08. The number of halogens is 3. The van der Waals surface area contributed by atoms with Crippen LogP contribution in [0, 0.1) is 6.92 Å². The molecule has 0 aliphatic carbocycles. The van der Waals surface area contributed by atoms with Gasteiger partial charge in [0.25, 0.3) is 0 Å². The van der Waals surface area contributed by atoms with Gasteiger partial charge in [0.15, 0.2) is 0 Å². The average molecular weight is 336 g/mol. The third kappa shape index (κ3) is 4.58. The van der Waals surface area contributed by atoms with Crippen molar-refractivity contribution in [3.05, 3.63) is 65.2 Å². The molecule has 2 rings (SSSR count). The molecule has 0 saturated heterocycles. The molecule has 0 unspecified atom stereocenters. The summed E-state index contributed by atoms with van der Waals surface area (Å²) in [5.74, 6) is -2.16. The third-order valence-corrected chi connectivity index (χ3v) is 3.26. The van der Waals surface area contributed by atoms with Gasteiger partial charge in [-0.15, -0.1) is 0 Å². The third-order valence-electron chi connectivity index (χ3n) is 3.26. The fraction of sp³-hybridized carbons (Fsp3) is 0.176. The van der Waals surface area contributed by atoms with E-state index in [2.05, 4.69) is 5.32 Å². The van der Waals surface area contributed by atoms with Gasteiger partial charge in [-0.25, -0.2) is 0 Å². The molecular weight excluding hydrogens is 321 g/mol. The van der Waals surface area contributed by atoms with Crippen molar-refractivity contribution in [2.45, 2.75) is 19.6 Å². The van der Waals surface area contributed by atoms with Crippen molar-refractivity contribution in [2.75, 3.05) is 5.32 Å². The van der Waals surface area contributed by atoms with E-state index in [4.69, 9.17) is 0 Å². The Morgan fingerprint density at radius 1 is 0.958 bits per heavy atom. The van der Waals surface area contributed by atoms with Gasteiger partial charge in [0.1, 0.15) is 0 Å². The highest BCUT2D eigenvalue weighted by Crippen LogP contribution is 2.34. The van der Waals surface area contributed by atoms with E-state index >= 15 is 0 Å². The van der Waals surface area contributed by atoms with Gasteiger partial charge in [-0.05, 0) is 24.6 Å². The van der Waals surface area contributed by atoms with Gasteiger partial charge in [0.05, 0.1) is 11.3 Å². The topological polar surface area (TPSA) is 58.2 Å². The molecule has 4 nitrogen and oxygen atoms in total. The minimum Gasteiger partial charge on any atom is -0.344 e. The van der Waals surface area contributed by atoms with E-state index in [0.29, 0.717) is 0 Å². The summed E-state index contributed by atoms with van der Waals surface area (Å²) in [5.41, 5.74) is 0.356. The normalized spacial score (nSPS) is 11.0. The summed E-state index contributed by atoms with van der Waals surface area (Å²) in [6.45, 7) is 2.02. The van der Waals surface area contributed by atoms with Gasteiger partial charge in [0, 0.05) is 6.54 Å². The van der Waals surface area contributed by atoms with Crippen LogP contribution in [0.3, 0.4) is 0 Å². The second kappa shape index (κ2) is 7.16. The molecule has 0 aromatic heterocycles. The summed E-state index contributed by atoms with van der Waals surface area (Å²) in [6.07, 6.45) is -4.62. The first kappa shape index (κ1) is 17.5. The van der Waals surface area contributed by atoms with E-state index in [0.717, 1.165) is 23.3 Å². The van der Waals surface area contributed by atoms with Gasteiger partial charge in [-0.3, -0.25) is 9.59 Å². The summed E-state index contributed by atoms with van der Waals surface area (Å²) in [7, 11) is 0. The predicted molar refractivity (Wildman–Crippen MR) is 83.1 cm³/mol. The Kier molecular flexibility index (Phi) is 5.23. The molecule has 2 N–H and O–H groups in total. The van der Waals surface area contributed by atoms with E-state index in [1.165, 1.54) is 12.1 Å². The molecule has 126 valence electrons. The minimum atomic E-state index is -4.62. The maximum Gasteiger partial charge on any atom is 0.418 e. The second-order valence-electron chi connectivity index (χ2n) is 5.17. The molecular formula is C17H15F3N2O2. The number of amides is 2. The zero-order chi connectivity index (χ0) is 17.7. The molecule has 24 heavy (non-hydrogen) atoms. The molecule has 0 heterocycles. The Labute approximate surface area is 136 Å². The second-order valence-corrected chi connectivity index (χ2v) is 5.17. The number of aryl methyl sites for hydroxylation is 1. The maximum atomic E-state index is 12.9. The van der Waals surface area contributed by atoms with E-state index in [9.17, 15) is 22.8 Å². The Morgan fingerprint density at radius 2 is 1.58 bits per heavy atom. The van der Waals surface area contributed by atoms with Gasteiger partial charge in [0.2, 0.25) is 0 Å². The maximum absolute atomic E-state index is 12.9. The molecule has 0 saturated carbocycles. The van der Waals surface area contributed by atoms with Crippen LogP contribution in [0.25, 0.3) is 0 Å². The summed E-state index contributed by atoms with van der Waals surface area (Å²) >= 11 is 0. The molecule has 0 spiro atoms. The van der Waals surface area contributed by atoms with Crippen molar-refractivity contribution in [3.63, 3.8) is 0 Å². The fourth-order valence-electron chi connectivity index (χ4n) is 1.99. The van der Waals surface area contributed by atoms with E-state index in [-0.39, 0.29) is 6.54 Å². The van der Waals surface area contributed by atoms with E-state index < -0.39 is 29.2 Å². The lowest BCUT2D eigenvalue weighted by Crippen LogP contribution is -2.35. The molecule has 0 fully saturated rings. The van der Waals surface area contributed by atoms with Crippen LogP contribution in [0.4, 0.5) is 18.9 Å². The van der Waals surface area contributed by atoms with Crippen molar-refractivity contribution in [3.8, 4) is 0 Å². The van der Waals surface area contributed by atoms with Crippen LogP contribution in [0.1, 0.15) is 16.7 Å². The van der Waals surface area contributed by atoms with Crippen molar-refractivity contribution in [2.24, 2.45) is 0 Å². The zero-order valence-electron chi connectivity index (χ0n) is 12.8. The summed E-state index contributed by atoms with van der Waals surface area (Å²) in [6, 6.07) is 11.7. The lowest BCUT2D eigenvalue weighted by atomic mass is 10.1. The Bertz CT molecular complexity index is 740. The smallest absolute Gasteiger partial charge is 0.344 e. The number of para-hydroxylation sites is 1. The van der Waals surface area contributed by atoms with Crippen LogP contribution >= 0.6 is 0 Å². The number of hydrogen-bond donors (Lipinski definition) is 2. The monoisotopic (exact) mass is 336 g/mol. The number of hydrogen-bond acceptors (Lipinski definition) is 2. The van der Waals surface area contributed by atoms with Crippen molar-refractivity contribution < 1.29 is 22.8 Å². The SMILES string of the molecule is Cc1ccc(CNC(=O)C(=O)Nc2ccccc2C(F)(F)F)cc1. The number of alkyl halides is 3. The lowest BCUT2D eigenvalue weighted by molar-refractivity contribution is -0.138. The highest BCUT2D eigenvalue weighted by atomic mass is 19.4. The van der Waals surface area contributed by atoms with Crippen LogP contribution in [0.5, 0.6) is 0 Å². The molecule has 2 aromatic carbocycles. The summed E-state index contributed by atoms with van der Waals surface area (Å²) < 4.78 is 38.6. The van der Waals surface area contributed by atoms with E-state index in [1.807, 2.05) is 24.4 Å². The molecule has 0 radical (unpaired) electrons. The van der Waals surface area contributed by atoms with Crippen LogP contribution < -0.4 is 10.6 Å². The molecule has 0 aliphatic heterocycles. The van der Waals surface area contributed by atoms with Crippen molar-refractivity contribution >= 4 is 17.5 Å². The summed E-state index contributed by atoms with van der Waals surface area (Å²) in [5, 5.41) is 4.36. The highest BCUT2D eigenvalue weighted by molar-refractivity contribution is 6.39. The van der Waals surface area contributed by atoms with Gasteiger partial charge >= 0.3 is 18.0 Å². The first-order chi connectivity index (χ1) is 11.3. The predicted octanol–water partition coefficient (Wildman–Crippen LogP) is 3.27. The molecule has 0 bridgehead atoms. The fourth-order valence-corrected chi connectivity index (χ4v) is 1.99. The number of anilines is 1. The molecule has 0 atom stereocenters. The number of benzene rings is 2. The van der Waals surface area contributed by atoms with Crippen LogP contribution in [0.2, 0.25) is 0 Å². The van der Waals surface area contributed by atoms with Gasteiger partial charge in [-0.2, -0.15) is 13.2 Å². The first-order valence-corrected chi connectivity index (χ1v) is 7.08. The largest absolute Gasteiger partial charge is 0.418 e. The van der Waals surface area contributed by atoms with E-state index in [1.54, 1.807) is 12.1 Å². The van der Waals surface area contributed by atoms with Gasteiger partial charge in [-0.1, -0.05) is 42.0 Å². The Balaban J connectivity index is 2.00. The number of carbonyl (C=O) groups excluding carboxylic acids is 2. The Hall–Kier alpha value is -2.83. The van der Waals surface area contributed by atoms with Crippen molar-refractivity contribution in [1.82, 2.24) is 5.32 Å². The van der Waals surface area contributed by atoms with Crippen LogP contribution in [-0.4, -0.2) is 11.8 Å². The average Bonchev–Trinajstić information content (AvgIpc) is 2.53. The quantitative estimate of drug-likeness (QED) is 0.845. The van der Waals surface area contributed by atoms with Crippen molar-refractivity contribution in [1.29, 1.82) is 0 Å².